The first-order chi connectivity index (χ1) is 24.8. The lowest BCUT2D eigenvalue weighted by molar-refractivity contribution is 1.61. The largest absolute Gasteiger partial charge is 0.0622 e. The van der Waals surface area contributed by atoms with Crippen molar-refractivity contribution in [2.75, 3.05) is 0 Å². The summed E-state index contributed by atoms with van der Waals surface area (Å²) in [6.07, 6.45) is 0. The lowest BCUT2D eigenvalue weighted by atomic mass is 9.83. The minimum atomic E-state index is 1.22. The minimum absolute atomic E-state index is 1.22. The van der Waals surface area contributed by atoms with E-state index >= 15 is 0 Å². The number of rotatable bonds is 4. The molecule has 0 saturated carbocycles. The van der Waals surface area contributed by atoms with Gasteiger partial charge in [-0.05, 0) is 135 Å². The van der Waals surface area contributed by atoms with Gasteiger partial charge < -0.3 is 0 Å². The van der Waals surface area contributed by atoms with Gasteiger partial charge in [0.15, 0.2) is 0 Å². The first kappa shape index (κ1) is 28.5. The Bertz CT molecular complexity index is 2870. The first-order valence-electron chi connectivity index (χ1n) is 17.3. The molecule has 0 nitrogen and oxygen atoms in total. The Balaban J connectivity index is 1.41. The lowest BCUT2D eigenvalue weighted by Crippen LogP contribution is -1.93. The molecule has 0 aliphatic heterocycles. The fourth-order valence-electron chi connectivity index (χ4n) is 8.07. The monoisotopic (exact) mass is 632 g/mol. The molecule has 0 bridgehead atoms. The van der Waals surface area contributed by atoms with Crippen LogP contribution in [0.1, 0.15) is 0 Å². The molecule has 0 radical (unpaired) electrons. The summed E-state index contributed by atoms with van der Waals surface area (Å²) in [5, 5.41) is 12.6. The first-order valence-corrected chi connectivity index (χ1v) is 17.3. The van der Waals surface area contributed by atoms with Crippen LogP contribution in [0.25, 0.3) is 98.4 Å². The number of fused-ring (bicyclic) bond motifs is 6. The molecule has 10 rings (SSSR count). The van der Waals surface area contributed by atoms with E-state index in [0.717, 1.165) is 0 Å². The zero-order chi connectivity index (χ0) is 33.0. The molecule has 0 atom stereocenters. The van der Waals surface area contributed by atoms with Crippen molar-refractivity contribution in [1.82, 2.24) is 0 Å². The summed E-state index contributed by atoms with van der Waals surface area (Å²) < 4.78 is 0. The highest BCUT2D eigenvalue weighted by Gasteiger charge is 2.20. The maximum Gasteiger partial charge on any atom is -0.00259 e. The van der Waals surface area contributed by atoms with Crippen LogP contribution in [-0.4, -0.2) is 0 Å². The van der Waals surface area contributed by atoms with E-state index in [-0.39, 0.29) is 0 Å². The van der Waals surface area contributed by atoms with Gasteiger partial charge in [0.25, 0.3) is 0 Å². The van der Waals surface area contributed by atoms with Gasteiger partial charge in [-0.15, -0.1) is 0 Å². The van der Waals surface area contributed by atoms with E-state index in [9.17, 15) is 0 Å². The lowest BCUT2D eigenvalue weighted by Gasteiger charge is -2.20. The van der Waals surface area contributed by atoms with Crippen LogP contribution in [0.3, 0.4) is 0 Å². The second-order valence-corrected chi connectivity index (χ2v) is 13.3. The van der Waals surface area contributed by atoms with Crippen LogP contribution in [0.5, 0.6) is 0 Å². The SMILES string of the molecule is c1ccc(-c2cc3cc4c(-c5ccccc5)c5cc6ccc7ccccc7c6cc5c(-c5ccccc5)c4cc3cc2-c2ccccc2)cc1. The average molecular weight is 633 g/mol. The van der Waals surface area contributed by atoms with E-state index < -0.39 is 0 Å². The summed E-state index contributed by atoms with van der Waals surface area (Å²) in [7, 11) is 0. The average Bonchev–Trinajstić information content (AvgIpc) is 3.19. The molecule has 0 saturated heterocycles. The van der Waals surface area contributed by atoms with E-state index in [2.05, 4.69) is 194 Å². The molecule has 10 aromatic rings. The van der Waals surface area contributed by atoms with Gasteiger partial charge in [-0.3, -0.25) is 0 Å². The number of hydrogen-bond acceptors (Lipinski definition) is 0. The summed E-state index contributed by atoms with van der Waals surface area (Å²) in [4.78, 5) is 0. The molecule has 0 amide bonds. The third-order valence-corrected chi connectivity index (χ3v) is 10.4. The van der Waals surface area contributed by atoms with Gasteiger partial charge in [0, 0.05) is 0 Å². The maximum atomic E-state index is 2.46. The molecule has 0 spiro atoms. The minimum Gasteiger partial charge on any atom is -0.0622 e. The summed E-state index contributed by atoms with van der Waals surface area (Å²) in [5.74, 6) is 0. The van der Waals surface area contributed by atoms with Crippen molar-refractivity contribution in [3.05, 3.63) is 194 Å². The normalized spacial score (nSPS) is 11.6. The zero-order valence-electron chi connectivity index (χ0n) is 27.5. The van der Waals surface area contributed by atoms with Gasteiger partial charge in [-0.2, -0.15) is 0 Å². The van der Waals surface area contributed by atoms with Gasteiger partial charge >= 0.3 is 0 Å². The molecular formula is C50H32. The summed E-state index contributed by atoms with van der Waals surface area (Å²) in [6, 6.07) is 71.4. The van der Waals surface area contributed by atoms with Gasteiger partial charge in [-0.1, -0.05) is 158 Å². The van der Waals surface area contributed by atoms with Crippen molar-refractivity contribution in [2.45, 2.75) is 0 Å². The van der Waals surface area contributed by atoms with E-state index in [1.807, 2.05) is 0 Å². The molecule has 0 aromatic heterocycles. The number of hydrogen-bond donors (Lipinski definition) is 0. The van der Waals surface area contributed by atoms with Crippen LogP contribution in [0, 0.1) is 0 Å². The molecule has 10 aromatic carbocycles. The Morgan fingerprint density at radius 2 is 0.580 bits per heavy atom. The van der Waals surface area contributed by atoms with Gasteiger partial charge in [0.2, 0.25) is 0 Å². The van der Waals surface area contributed by atoms with Crippen LogP contribution in [0.4, 0.5) is 0 Å². The molecule has 0 fully saturated rings. The summed E-state index contributed by atoms with van der Waals surface area (Å²) in [5.41, 5.74) is 9.94. The molecule has 0 unspecified atom stereocenters. The van der Waals surface area contributed by atoms with Gasteiger partial charge in [0.1, 0.15) is 0 Å². The topological polar surface area (TPSA) is 0 Å². The third kappa shape index (κ3) is 4.61. The molecule has 50 heavy (non-hydrogen) atoms. The maximum absolute atomic E-state index is 2.46. The second-order valence-electron chi connectivity index (χ2n) is 13.3. The molecule has 0 aliphatic carbocycles. The Labute approximate surface area is 291 Å². The van der Waals surface area contributed by atoms with E-state index in [4.69, 9.17) is 0 Å². The zero-order valence-corrected chi connectivity index (χ0v) is 27.5. The smallest absolute Gasteiger partial charge is 0.00259 e. The van der Waals surface area contributed by atoms with Crippen molar-refractivity contribution < 1.29 is 0 Å². The Kier molecular flexibility index (Phi) is 6.60. The van der Waals surface area contributed by atoms with E-state index in [1.54, 1.807) is 0 Å². The fraction of sp³-hybridized carbons (Fsp3) is 0. The highest BCUT2D eigenvalue weighted by Crippen LogP contribution is 2.47. The fourth-order valence-corrected chi connectivity index (χ4v) is 8.07. The third-order valence-electron chi connectivity index (χ3n) is 10.4. The van der Waals surface area contributed by atoms with Crippen molar-refractivity contribution in [2.24, 2.45) is 0 Å². The molecule has 0 heterocycles. The summed E-state index contributed by atoms with van der Waals surface area (Å²) >= 11 is 0. The van der Waals surface area contributed by atoms with Crippen LogP contribution >= 0.6 is 0 Å². The van der Waals surface area contributed by atoms with Crippen LogP contribution < -0.4 is 0 Å². The highest BCUT2D eigenvalue weighted by atomic mass is 14.2. The molecule has 0 heteroatoms. The van der Waals surface area contributed by atoms with Crippen LogP contribution in [-0.2, 0) is 0 Å². The van der Waals surface area contributed by atoms with Crippen molar-refractivity contribution in [1.29, 1.82) is 0 Å². The van der Waals surface area contributed by atoms with E-state index in [1.165, 1.54) is 98.4 Å². The Morgan fingerprint density at radius 3 is 1.08 bits per heavy atom. The van der Waals surface area contributed by atoms with Crippen LogP contribution in [0.2, 0.25) is 0 Å². The Hall–Kier alpha value is -6.50. The predicted molar refractivity (Wildman–Crippen MR) is 216 cm³/mol. The predicted octanol–water partition coefficient (Wildman–Crippen LogP) is 14.1. The molecule has 0 N–H and O–H groups in total. The Morgan fingerprint density at radius 1 is 0.200 bits per heavy atom. The van der Waals surface area contributed by atoms with Crippen molar-refractivity contribution in [3.8, 4) is 44.5 Å². The van der Waals surface area contributed by atoms with Gasteiger partial charge in [0.05, 0.1) is 0 Å². The molecule has 232 valence electrons. The molecule has 0 aliphatic rings. The highest BCUT2D eigenvalue weighted by molar-refractivity contribution is 6.27. The quantitative estimate of drug-likeness (QED) is 0.134. The second kappa shape index (κ2) is 11.6. The standard InChI is InChI=1S/C50H32/c1-5-15-33(16-6-1)42-28-39-30-46-47(31-40(39)29-43(42)34-17-7-2-8-18-34)50(37-22-11-4-12-23-37)48-32-44-38(26-25-35-19-13-14-24-41(35)44)27-45(48)49(46)36-20-9-3-10-21-36/h1-32H. The van der Waals surface area contributed by atoms with Crippen molar-refractivity contribution >= 4 is 53.9 Å². The van der Waals surface area contributed by atoms with Crippen LogP contribution in [0.15, 0.2) is 194 Å². The molecular weight excluding hydrogens is 601 g/mol. The summed E-state index contributed by atoms with van der Waals surface area (Å²) in [6.45, 7) is 0. The number of benzene rings is 10. The van der Waals surface area contributed by atoms with Gasteiger partial charge in [-0.25, -0.2) is 0 Å². The van der Waals surface area contributed by atoms with Crippen molar-refractivity contribution in [3.63, 3.8) is 0 Å². The van der Waals surface area contributed by atoms with E-state index in [0.29, 0.717) is 0 Å².